The molecule has 0 atom stereocenters. The summed E-state index contributed by atoms with van der Waals surface area (Å²) in [6.45, 7) is 2.96. The van der Waals surface area contributed by atoms with Gasteiger partial charge in [-0.3, -0.25) is 0 Å². The smallest absolute Gasteiger partial charge is 0.131 e. The van der Waals surface area contributed by atoms with E-state index in [-0.39, 0.29) is 5.82 Å². The summed E-state index contributed by atoms with van der Waals surface area (Å²) in [7, 11) is 0. The minimum atomic E-state index is -0.318. The highest BCUT2D eigenvalue weighted by molar-refractivity contribution is 9.10. The number of benzene rings is 2. The van der Waals surface area contributed by atoms with E-state index in [2.05, 4.69) is 34.2 Å². The molecule has 0 bridgehead atoms. The largest absolute Gasteiger partial charge is 0.457 e. The summed E-state index contributed by atoms with van der Waals surface area (Å²) in [4.78, 5) is 0. The average molecular weight is 350 g/mol. The lowest BCUT2D eigenvalue weighted by Gasteiger charge is -2.11. The third-order valence-electron chi connectivity index (χ3n) is 3.54. The summed E-state index contributed by atoms with van der Waals surface area (Å²) >= 11 is 3.26. The van der Waals surface area contributed by atoms with Crippen LogP contribution in [0.4, 0.5) is 4.39 Å². The Kier molecular flexibility index (Phi) is 4.27. The van der Waals surface area contributed by atoms with Crippen LogP contribution in [0.15, 0.2) is 40.9 Å². The van der Waals surface area contributed by atoms with Crippen LogP contribution in [0.5, 0.6) is 11.5 Å². The van der Waals surface area contributed by atoms with Crippen molar-refractivity contribution in [2.75, 3.05) is 0 Å². The van der Waals surface area contributed by atoms with Gasteiger partial charge in [-0.15, -0.1) is 0 Å². The molecule has 1 aliphatic rings. The molecule has 0 radical (unpaired) electrons. The van der Waals surface area contributed by atoms with Crippen LogP contribution in [-0.4, -0.2) is 6.04 Å². The molecule has 0 aromatic heterocycles. The van der Waals surface area contributed by atoms with Gasteiger partial charge in [0.15, 0.2) is 0 Å². The molecule has 0 heterocycles. The van der Waals surface area contributed by atoms with Gasteiger partial charge >= 0.3 is 0 Å². The molecule has 2 aromatic rings. The second kappa shape index (κ2) is 6.16. The lowest BCUT2D eigenvalue weighted by molar-refractivity contribution is 0.475. The maximum absolute atomic E-state index is 13.3. The molecule has 1 fully saturated rings. The Hall–Kier alpha value is -1.39. The quantitative estimate of drug-likeness (QED) is 0.825. The van der Waals surface area contributed by atoms with Gasteiger partial charge in [0.1, 0.15) is 17.3 Å². The van der Waals surface area contributed by atoms with Crippen LogP contribution in [-0.2, 0) is 6.54 Å². The molecule has 0 saturated heterocycles. The standard InChI is InChI=1S/C17H17BrFNO/c1-11-6-16(5-2-12(11)10-20-15-3-4-15)21-17-8-13(18)7-14(19)9-17/h2,5-9,15,20H,3-4,10H2,1H3. The van der Waals surface area contributed by atoms with Crippen molar-refractivity contribution in [2.45, 2.75) is 32.4 Å². The number of hydrogen-bond donors (Lipinski definition) is 1. The topological polar surface area (TPSA) is 21.3 Å². The van der Waals surface area contributed by atoms with Gasteiger partial charge in [-0.25, -0.2) is 4.39 Å². The van der Waals surface area contributed by atoms with Gasteiger partial charge in [0.2, 0.25) is 0 Å². The van der Waals surface area contributed by atoms with Crippen LogP contribution in [0, 0.1) is 12.7 Å². The van der Waals surface area contributed by atoms with Crippen LogP contribution in [0.2, 0.25) is 0 Å². The van der Waals surface area contributed by atoms with Gasteiger partial charge in [-0.2, -0.15) is 0 Å². The monoisotopic (exact) mass is 349 g/mol. The molecule has 110 valence electrons. The van der Waals surface area contributed by atoms with Gasteiger partial charge in [0.25, 0.3) is 0 Å². The van der Waals surface area contributed by atoms with Crippen molar-refractivity contribution in [2.24, 2.45) is 0 Å². The number of nitrogens with one attached hydrogen (secondary N) is 1. The van der Waals surface area contributed by atoms with Crippen LogP contribution in [0.1, 0.15) is 24.0 Å². The van der Waals surface area contributed by atoms with Crippen LogP contribution < -0.4 is 10.1 Å². The van der Waals surface area contributed by atoms with E-state index in [1.165, 1.54) is 36.1 Å². The Morgan fingerprint density at radius 3 is 2.67 bits per heavy atom. The van der Waals surface area contributed by atoms with E-state index in [9.17, 15) is 4.39 Å². The van der Waals surface area contributed by atoms with Gasteiger partial charge in [-0.05, 0) is 55.2 Å². The third-order valence-corrected chi connectivity index (χ3v) is 4.00. The molecule has 0 unspecified atom stereocenters. The molecular formula is C17H17BrFNO. The van der Waals surface area contributed by atoms with Crippen molar-refractivity contribution in [3.8, 4) is 11.5 Å². The normalized spacial score (nSPS) is 14.2. The van der Waals surface area contributed by atoms with Crippen molar-refractivity contribution in [3.05, 3.63) is 57.8 Å². The molecule has 1 N–H and O–H groups in total. The average Bonchev–Trinajstić information content (AvgIpc) is 3.20. The summed E-state index contributed by atoms with van der Waals surface area (Å²) < 4.78 is 19.7. The number of halogens is 2. The zero-order chi connectivity index (χ0) is 14.8. The third kappa shape index (κ3) is 4.05. The highest BCUT2D eigenvalue weighted by atomic mass is 79.9. The van der Waals surface area contributed by atoms with Crippen molar-refractivity contribution in [1.82, 2.24) is 5.32 Å². The minimum absolute atomic E-state index is 0.318. The Bertz CT molecular complexity index is 635. The number of aryl methyl sites for hydroxylation is 1. The van der Waals surface area contributed by atoms with Crippen LogP contribution >= 0.6 is 15.9 Å². The molecule has 21 heavy (non-hydrogen) atoms. The maximum atomic E-state index is 13.3. The van der Waals surface area contributed by atoms with E-state index in [4.69, 9.17) is 4.74 Å². The molecule has 0 aliphatic heterocycles. The van der Waals surface area contributed by atoms with Crippen molar-refractivity contribution in [3.63, 3.8) is 0 Å². The van der Waals surface area contributed by atoms with Crippen molar-refractivity contribution in [1.29, 1.82) is 0 Å². The van der Waals surface area contributed by atoms with E-state index in [1.807, 2.05) is 12.1 Å². The maximum Gasteiger partial charge on any atom is 0.131 e. The van der Waals surface area contributed by atoms with Crippen LogP contribution in [0.3, 0.4) is 0 Å². The number of rotatable bonds is 5. The molecule has 1 saturated carbocycles. The molecule has 0 amide bonds. The fourth-order valence-corrected chi connectivity index (χ4v) is 2.64. The molecule has 0 spiro atoms. The summed E-state index contributed by atoms with van der Waals surface area (Å²) in [5.41, 5.74) is 2.45. The summed E-state index contributed by atoms with van der Waals surface area (Å²) in [6.07, 6.45) is 2.57. The van der Waals surface area contributed by atoms with Gasteiger partial charge in [0, 0.05) is 23.1 Å². The number of hydrogen-bond acceptors (Lipinski definition) is 2. The Balaban J connectivity index is 1.71. The van der Waals surface area contributed by atoms with E-state index >= 15 is 0 Å². The van der Waals surface area contributed by atoms with Crippen molar-refractivity contribution < 1.29 is 9.13 Å². The first-order chi connectivity index (χ1) is 10.1. The fourth-order valence-electron chi connectivity index (χ4n) is 2.20. The van der Waals surface area contributed by atoms with Gasteiger partial charge in [-0.1, -0.05) is 22.0 Å². The second-order valence-corrected chi connectivity index (χ2v) is 6.37. The lowest BCUT2D eigenvalue weighted by Crippen LogP contribution is -2.15. The first-order valence-electron chi connectivity index (χ1n) is 7.07. The van der Waals surface area contributed by atoms with E-state index < -0.39 is 0 Å². The highest BCUT2D eigenvalue weighted by Crippen LogP contribution is 2.27. The van der Waals surface area contributed by atoms with Gasteiger partial charge in [0.05, 0.1) is 0 Å². The predicted molar refractivity (Wildman–Crippen MR) is 85.2 cm³/mol. The summed E-state index contributed by atoms with van der Waals surface area (Å²) in [6, 6.07) is 11.2. The second-order valence-electron chi connectivity index (χ2n) is 5.45. The van der Waals surface area contributed by atoms with E-state index in [0.717, 1.165) is 12.3 Å². The van der Waals surface area contributed by atoms with Crippen molar-refractivity contribution >= 4 is 15.9 Å². The van der Waals surface area contributed by atoms with Crippen LogP contribution in [0.25, 0.3) is 0 Å². The Morgan fingerprint density at radius 1 is 1.19 bits per heavy atom. The summed E-state index contributed by atoms with van der Waals surface area (Å²) in [5, 5.41) is 3.50. The van der Waals surface area contributed by atoms with Gasteiger partial charge < -0.3 is 10.1 Å². The first-order valence-corrected chi connectivity index (χ1v) is 7.86. The molecule has 3 rings (SSSR count). The highest BCUT2D eigenvalue weighted by Gasteiger charge is 2.20. The predicted octanol–water partition coefficient (Wildman–Crippen LogP) is 4.94. The minimum Gasteiger partial charge on any atom is -0.457 e. The molecule has 2 nitrogen and oxygen atoms in total. The Morgan fingerprint density at radius 2 is 2.00 bits per heavy atom. The number of ether oxygens (including phenoxy) is 1. The zero-order valence-electron chi connectivity index (χ0n) is 11.8. The molecule has 2 aromatic carbocycles. The SMILES string of the molecule is Cc1cc(Oc2cc(F)cc(Br)c2)ccc1CNC1CC1. The Labute approximate surface area is 132 Å². The molecule has 1 aliphatic carbocycles. The van der Waals surface area contributed by atoms with E-state index in [0.29, 0.717) is 16.3 Å². The zero-order valence-corrected chi connectivity index (χ0v) is 13.4. The fraction of sp³-hybridized carbons (Fsp3) is 0.294. The van der Waals surface area contributed by atoms with E-state index in [1.54, 1.807) is 6.07 Å². The molecular weight excluding hydrogens is 333 g/mol. The first kappa shape index (κ1) is 14.5. The molecule has 4 heteroatoms. The summed E-state index contributed by atoms with van der Waals surface area (Å²) in [5.74, 6) is 0.895. The lowest BCUT2D eigenvalue weighted by atomic mass is 10.1.